The van der Waals surface area contributed by atoms with E-state index in [9.17, 15) is 0 Å². The Kier molecular flexibility index (Phi) is 6.01. The van der Waals surface area contributed by atoms with Crippen molar-refractivity contribution < 1.29 is 0 Å². The van der Waals surface area contributed by atoms with E-state index in [0.29, 0.717) is 15.7 Å². The molecule has 0 spiro atoms. The minimum absolute atomic E-state index is 0.197. The van der Waals surface area contributed by atoms with Gasteiger partial charge in [0.2, 0.25) is 0 Å². The summed E-state index contributed by atoms with van der Waals surface area (Å²) in [5.41, 5.74) is 8.67. The molecule has 9 heteroatoms. The number of benzene rings is 2. The highest BCUT2D eigenvalue weighted by Crippen LogP contribution is 2.35. The molecule has 0 radical (unpaired) electrons. The van der Waals surface area contributed by atoms with Gasteiger partial charge in [-0.15, -0.1) is 22.4 Å². The highest BCUT2D eigenvalue weighted by atomic mass is 35.5. The second-order valence-electron chi connectivity index (χ2n) is 6.74. The van der Waals surface area contributed by atoms with Gasteiger partial charge in [0, 0.05) is 11.8 Å². The zero-order chi connectivity index (χ0) is 20.4. The summed E-state index contributed by atoms with van der Waals surface area (Å²) in [5.74, 6) is 1.54. The van der Waals surface area contributed by atoms with Crippen LogP contribution in [0.15, 0.2) is 64.9 Å². The molecular weight excluding hydrogens is 427 g/mol. The van der Waals surface area contributed by atoms with Gasteiger partial charge in [-0.1, -0.05) is 59.6 Å². The van der Waals surface area contributed by atoms with Gasteiger partial charge in [-0.3, -0.25) is 5.01 Å². The van der Waals surface area contributed by atoms with E-state index in [1.54, 1.807) is 22.6 Å². The monoisotopic (exact) mass is 446 g/mol. The molecular formula is C20H20Cl2N6S. The van der Waals surface area contributed by atoms with Crippen molar-refractivity contribution in [2.75, 3.05) is 0 Å². The summed E-state index contributed by atoms with van der Waals surface area (Å²) in [6.45, 7) is 4.17. The van der Waals surface area contributed by atoms with E-state index in [2.05, 4.69) is 47.2 Å². The number of hydrazone groups is 1. The van der Waals surface area contributed by atoms with Gasteiger partial charge in [0.05, 0.1) is 21.8 Å². The number of hydrogen-bond donors (Lipinski definition) is 2. The van der Waals surface area contributed by atoms with Crippen LogP contribution in [-0.4, -0.2) is 26.7 Å². The van der Waals surface area contributed by atoms with E-state index in [1.165, 1.54) is 5.56 Å². The fraction of sp³-hybridized carbons (Fsp3) is 0.200. The zero-order valence-electron chi connectivity index (χ0n) is 15.9. The predicted octanol–water partition coefficient (Wildman–Crippen LogP) is 4.87. The van der Waals surface area contributed by atoms with Crippen LogP contribution >= 0.6 is 35.0 Å². The van der Waals surface area contributed by atoms with E-state index in [1.807, 2.05) is 41.4 Å². The lowest BCUT2D eigenvalue weighted by Gasteiger charge is -2.23. The first kappa shape index (κ1) is 20.1. The van der Waals surface area contributed by atoms with Crippen molar-refractivity contribution >= 4 is 40.8 Å². The van der Waals surface area contributed by atoms with Crippen LogP contribution in [0.2, 0.25) is 10.0 Å². The lowest BCUT2D eigenvalue weighted by atomic mass is 10.2. The quantitative estimate of drug-likeness (QED) is 0.529. The highest BCUT2D eigenvalue weighted by Gasteiger charge is 2.28. The Morgan fingerprint density at radius 1 is 1.03 bits per heavy atom. The van der Waals surface area contributed by atoms with Gasteiger partial charge < -0.3 is 0 Å². The number of aromatic nitrogens is 2. The molecule has 0 atom stereocenters. The summed E-state index contributed by atoms with van der Waals surface area (Å²) in [7, 11) is 0. The Balaban J connectivity index is 1.79. The standard InChI is InChI=1S/C20H20Cl2N6S/c1-13(2)27-19(24-25-26-27)15-11-23-28(18-16(21)9-6-10-17(18)22)20(15)29-12-14-7-4-3-5-8-14/h3-11,13,25-26H,12H2,1-2H3. The summed E-state index contributed by atoms with van der Waals surface area (Å²) in [6.07, 6.45) is 1.80. The molecule has 0 fully saturated rings. The average molecular weight is 447 g/mol. The molecule has 1 aliphatic rings. The van der Waals surface area contributed by atoms with Gasteiger partial charge in [-0.25, -0.2) is 10.2 Å². The van der Waals surface area contributed by atoms with E-state index in [0.717, 1.165) is 22.2 Å². The summed E-state index contributed by atoms with van der Waals surface area (Å²) >= 11 is 14.6. The van der Waals surface area contributed by atoms with Crippen LogP contribution in [0.5, 0.6) is 0 Å². The summed E-state index contributed by atoms with van der Waals surface area (Å²) in [5, 5.41) is 13.0. The third-order valence-electron chi connectivity index (χ3n) is 4.41. The molecule has 0 saturated heterocycles. The predicted molar refractivity (Wildman–Crippen MR) is 119 cm³/mol. The van der Waals surface area contributed by atoms with Crippen molar-refractivity contribution in [1.82, 2.24) is 25.9 Å². The summed E-state index contributed by atoms with van der Waals surface area (Å²) < 4.78 is 1.80. The third kappa shape index (κ3) is 4.09. The molecule has 6 nitrogen and oxygen atoms in total. The molecule has 2 heterocycles. The molecule has 3 aromatic rings. The maximum atomic E-state index is 6.48. The normalized spacial score (nSPS) is 13.7. The van der Waals surface area contributed by atoms with Crippen molar-refractivity contribution in [3.05, 3.63) is 75.9 Å². The van der Waals surface area contributed by atoms with Gasteiger partial charge in [0.1, 0.15) is 10.7 Å². The average Bonchev–Trinajstić information content (AvgIpc) is 3.34. The van der Waals surface area contributed by atoms with Crippen LogP contribution in [-0.2, 0) is 5.75 Å². The number of hydrogen-bond acceptors (Lipinski definition) is 6. The number of rotatable bonds is 6. The van der Waals surface area contributed by atoms with Crippen molar-refractivity contribution in [2.45, 2.75) is 30.7 Å². The molecule has 0 saturated carbocycles. The number of amidine groups is 1. The second kappa shape index (κ2) is 8.67. The van der Waals surface area contributed by atoms with Crippen LogP contribution < -0.4 is 11.1 Å². The topological polar surface area (TPSA) is 57.5 Å². The third-order valence-corrected chi connectivity index (χ3v) is 6.16. The first-order valence-electron chi connectivity index (χ1n) is 9.13. The number of para-hydroxylation sites is 1. The smallest absolute Gasteiger partial charge is 0.177 e. The van der Waals surface area contributed by atoms with E-state index in [4.69, 9.17) is 23.2 Å². The van der Waals surface area contributed by atoms with Crippen molar-refractivity contribution in [1.29, 1.82) is 0 Å². The van der Waals surface area contributed by atoms with Crippen LogP contribution in [0.4, 0.5) is 0 Å². The van der Waals surface area contributed by atoms with Crippen LogP contribution in [0.1, 0.15) is 25.0 Å². The molecule has 4 rings (SSSR count). The Bertz CT molecular complexity index is 1010. The molecule has 0 unspecified atom stereocenters. The fourth-order valence-corrected chi connectivity index (χ4v) is 4.62. The van der Waals surface area contributed by atoms with Crippen LogP contribution in [0, 0.1) is 0 Å². The van der Waals surface area contributed by atoms with E-state index in [-0.39, 0.29) is 6.04 Å². The second-order valence-corrected chi connectivity index (χ2v) is 8.52. The molecule has 29 heavy (non-hydrogen) atoms. The lowest BCUT2D eigenvalue weighted by molar-refractivity contribution is 0.246. The molecule has 1 aliphatic heterocycles. The summed E-state index contributed by atoms with van der Waals surface area (Å²) in [6, 6.07) is 15.9. The SMILES string of the molecule is CC(C)N1NNN=C1c1cnn(-c2c(Cl)cccc2Cl)c1SCc1ccccc1. The molecule has 2 aromatic carbocycles. The highest BCUT2D eigenvalue weighted by molar-refractivity contribution is 7.98. The van der Waals surface area contributed by atoms with Crippen molar-refractivity contribution in [3.8, 4) is 5.69 Å². The lowest BCUT2D eigenvalue weighted by Crippen LogP contribution is -2.45. The Labute approximate surface area is 183 Å². The minimum atomic E-state index is 0.197. The van der Waals surface area contributed by atoms with Gasteiger partial charge in [-0.2, -0.15) is 5.10 Å². The Morgan fingerprint density at radius 2 is 1.76 bits per heavy atom. The van der Waals surface area contributed by atoms with E-state index >= 15 is 0 Å². The largest absolute Gasteiger partial charge is 0.268 e. The number of hydrazine groups is 2. The molecule has 0 bridgehead atoms. The maximum Gasteiger partial charge on any atom is 0.177 e. The Hall–Kier alpha value is -2.19. The number of halogens is 2. The maximum absolute atomic E-state index is 6.48. The Morgan fingerprint density at radius 3 is 2.45 bits per heavy atom. The number of thioether (sulfide) groups is 1. The molecule has 2 N–H and O–H groups in total. The molecule has 1 aromatic heterocycles. The number of nitrogens with one attached hydrogen (secondary N) is 2. The fourth-order valence-electron chi connectivity index (χ4n) is 3.01. The molecule has 0 aliphatic carbocycles. The van der Waals surface area contributed by atoms with Gasteiger partial charge in [0.25, 0.3) is 0 Å². The van der Waals surface area contributed by atoms with Crippen LogP contribution in [0.3, 0.4) is 0 Å². The van der Waals surface area contributed by atoms with Gasteiger partial charge in [0.15, 0.2) is 5.84 Å². The first-order valence-corrected chi connectivity index (χ1v) is 10.9. The zero-order valence-corrected chi connectivity index (χ0v) is 18.3. The molecule has 0 amide bonds. The first-order chi connectivity index (χ1) is 14.1. The van der Waals surface area contributed by atoms with Gasteiger partial charge in [-0.05, 0) is 31.5 Å². The van der Waals surface area contributed by atoms with Crippen LogP contribution in [0.25, 0.3) is 5.69 Å². The number of nitrogens with zero attached hydrogens (tertiary/aromatic N) is 4. The van der Waals surface area contributed by atoms with Crippen molar-refractivity contribution in [3.63, 3.8) is 0 Å². The minimum Gasteiger partial charge on any atom is -0.268 e. The van der Waals surface area contributed by atoms with E-state index < -0.39 is 0 Å². The summed E-state index contributed by atoms with van der Waals surface area (Å²) in [4.78, 5) is 0. The van der Waals surface area contributed by atoms with Gasteiger partial charge >= 0.3 is 0 Å². The van der Waals surface area contributed by atoms with Crippen molar-refractivity contribution in [2.24, 2.45) is 5.10 Å². The molecule has 150 valence electrons.